The molecule has 0 rings (SSSR count). The molecule has 16 heavy (non-hydrogen) atoms. The van der Waals surface area contributed by atoms with Gasteiger partial charge in [-0.2, -0.15) is 0 Å². The van der Waals surface area contributed by atoms with Crippen molar-refractivity contribution < 1.29 is 9.47 Å². The molecule has 3 nitrogen and oxygen atoms in total. The fourth-order valence-corrected chi connectivity index (χ4v) is 0.933. The van der Waals surface area contributed by atoms with Crippen LogP contribution in [-0.4, -0.2) is 51.0 Å². The third-order valence-electron chi connectivity index (χ3n) is 2.19. The Bertz CT molecular complexity index is 119. The highest BCUT2D eigenvalue weighted by Crippen LogP contribution is 1.92. The van der Waals surface area contributed by atoms with E-state index in [9.17, 15) is 0 Å². The third-order valence-corrected chi connectivity index (χ3v) is 2.19. The fraction of sp³-hybridized carbons (Fsp3) is 1.00. The van der Waals surface area contributed by atoms with Gasteiger partial charge < -0.3 is 14.4 Å². The first-order valence-electron chi connectivity index (χ1n) is 6.54. The summed E-state index contributed by atoms with van der Waals surface area (Å²) in [5.74, 6) is 0. The Morgan fingerprint density at radius 1 is 0.938 bits per heavy atom. The second kappa shape index (κ2) is 14.9. The first kappa shape index (κ1) is 18.3. The second-order valence-corrected chi connectivity index (χ2v) is 3.80. The molecule has 0 bridgehead atoms. The van der Waals surface area contributed by atoms with Gasteiger partial charge in [0, 0.05) is 19.2 Å². The molecule has 0 fully saturated rings. The van der Waals surface area contributed by atoms with E-state index in [1.165, 1.54) is 0 Å². The molecule has 3 heteroatoms. The number of hydrogen-bond acceptors (Lipinski definition) is 3. The third kappa shape index (κ3) is 13.9. The predicted molar refractivity (Wildman–Crippen MR) is 71.0 cm³/mol. The van der Waals surface area contributed by atoms with Crippen molar-refractivity contribution in [1.82, 2.24) is 4.90 Å². The van der Waals surface area contributed by atoms with Gasteiger partial charge in [-0.1, -0.05) is 20.8 Å². The van der Waals surface area contributed by atoms with E-state index in [1.54, 1.807) is 0 Å². The summed E-state index contributed by atoms with van der Waals surface area (Å²) in [6.45, 7) is 14.5. The first-order chi connectivity index (χ1) is 7.68. The van der Waals surface area contributed by atoms with Crippen LogP contribution >= 0.6 is 0 Å². The molecule has 0 amide bonds. The van der Waals surface area contributed by atoms with Crippen LogP contribution in [0.4, 0.5) is 0 Å². The Balaban J connectivity index is 0. The van der Waals surface area contributed by atoms with E-state index < -0.39 is 0 Å². The summed E-state index contributed by atoms with van der Waals surface area (Å²) in [6, 6.07) is 0.593. The van der Waals surface area contributed by atoms with Crippen molar-refractivity contribution in [1.29, 1.82) is 0 Å². The molecule has 0 spiro atoms. The van der Waals surface area contributed by atoms with Crippen LogP contribution < -0.4 is 0 Å². The smallest absolute Gasteiger partial charge is 0.0701 e. The van der Waals surface area contributed by atoms with Gasteiger partial charge in [0.05, 0.1) is 19.8 Å². The van der Waals surface area contributed by atoms with Gasteiger partial charge in [-0.3, -0.25) is 0 Å². The SMILES string of the molecule is CC.CCCOCCOCCN(C)C(C)C. The minimum Gasteiger partial charge on any atom is -0.379 e. The molecule has 0 aliphatic carbocycles. The highest BCUT2D eigenvalue weighted by atomic mass is 16.5. The Morgan fingerprint density at radius 3 is 1.88 bits per heavy atom. The highest BCUT2D eigenvalue weighted by Gasteiger charge is 2.01. The second-order valence-electron chi connectivity index (χ2n) is 3.80. The topological polar surface area (TPSA) is 21.7 Å². The highest BCUT2D eigenvalue weighted by molar-refractivity contribution is 4.55. The van der Waals surface area contributed by atoms with Gasteiger partial charge in [0.15, 0.2) is 0 Å². The Kier molecular flexibility index (Phi) is 17.0. The van der Waals surface area contributed by atoms with Crippen molar-refractivity contribution in [3.8, 4) is 0 Å². The molecule has 0 heterocycles. The zero-order chi connectivity index (χ0) is 12.8. The van der Waals surface area contributed by atoms with Crippen molar-refractivity contribution in [2.24, 2.45) is 0 Å². The molecule has 0 unspecified atom stereocenters. The van der Waals surface area contributed by atoms with E-state index in [4.69, 9.17) is 9.47 Å². The molecule has 0 saturated carbocycles. The molecule has 0 aromatic carbocycles. The summed E-state index contributed by atoms with van der Waals surface area (Å²) in [7, 11) is 2.11. The number of likely N-dealkylation sites (N-methyl/N-ethyl adjacent to an activating group) is 1. The zero-order valence-corrected chi connectivity index (χ0v) is 12.1. The van der Waals surface area contributed by atoms with Gasteiger partial charge in [0.25, 0.3) is 0 Å². The maximum Gasteiger partial charge on any atom is 0.0701 e. The molecule has 0 atom stereocenters. The summed E-state index contributed by atoms with van der Waals surface area (Å²) >= 11 is 0. The van der Waals surface area contributed by atoms with E-state index in [-0.39, 0.29) is 0 Å². The Morgan fingerprint density at radius 2 is 1.44 bits per heavy atom. The summed E-state index contributed by atoms with van der Waals surface area (Å²) in [5.41, 5.74) is 0. The lowest BCUT2D eigenvalue weighted by atomic mass is 10.3. The van der Waals surface area contributed by atoms with Gasteiger partial charge in [-0.05, 0) is 27.3 Å². The van der Waals surface area contributed by atoms with Crippen LogP contribution in [0.1, 0.15) is 41.0 Å². The van der Waals surface area contributed by atoms with E-state index in [0.29, 0.717) is 12.6 Å². The molecule has 0 aliphatic rings. The van der Waals surface area contributed by atoms with Crippen molar-refractivity contribution in [3.63, 3.8) is 0 Å². The zero-order valence-electron chi connectivity index (χ0n) is 12.1. The molecule has 0 saturated heterocycles. The molecular formula is C13H31NO2. The maximum atomic E-state index is 5.43. The van der Waals surface area contributed by atoms with E-state index in [0.717, 1.165) is 32.8 Å². The minimum atomic E-state index is 0.593. The van der Waals surface area contributed by atoms with Crippen LogP contribution in [0, 0.1) is 0 Å². The van der Waals surface area contributed by atoms with Gasteiger partial charge in [-0.25, -0.2) is 0 Å². The molecular weight excluding hydrogens is 202 g/mol. The van der Waals surface area contributed by atoms with Crippen LogP contribution in [0.15, 0.2) is 0 Å². The number of rotatable bonds is 9. The lowest BCUT2D eigenvalue weighted by molar-refractivity contribution is 0.0387. The van der Waals surface area contributed by atoms with Crippen molar-refractivity contribution in [2.75, 3.05) is 40.0 Å². The molecule has 0 radical (unpaired) electrons. The molecule has 100 valence electrons. The van der Waals surface area contributed by atoms with Gasteiger partial charge in [-0.15, -0.1) is 0 Å². The summed E-state index contributed by atoms with van der Waals surface area (Å²) in [4.78, 5) is 2.27. The van der Waals surface area contributed by atoms with Crippen molar-refractivity contribution in [3.05, 3.63) is 0 Å². The summed E-state index contributed by atoms with van der Waals surface area (Å²) in [6.07, 6.45) is 1.08. The van der Waals surface area contributed by atoms with Crippen LogP contribution in [0.3, 0.4) is 0 Å². The molecule has 0 aromatic rings. The monoisotopic (exact) mass is 233 g/mol. The molecule has 0 aromatic heterocycles. The van der Waals surface area contributed by atoms with Gasteiger partial charge >= 0.3 is 0 Å². The largest absolute Gasteiger partial charge is 0.379 e. The summed E-state index contributed by atoms with van der Waals surface area (Å²) in [5, 5.41) is 0. The van der Waals surface area contributed by atoms with Crippen LogP contribution in [-0.2, 0) is 9.47 Å². The van der Waals surface area contributed by atoms with Crippen LogP contribution in [0.25, 0.3) is 0 Å². The van der Waals surface area contributed by atoms with Gasteiger partial charge in [0.1, 0.15) is 0 Å². The van der Waals surface area contributed by atoms with Crippen molar-refractivity contribution >= 4 is 0 Å². The lowest BCUT2D eigenvalue weighted by Crippen LogP contribution is -2.30. The van der Waals surface area contributed by atoms with Crippen LogP contribution in [0.5, 0.6) is 0 Å². The number of ether oxygens (including phenoxy) is 2. The minimum absolute atomic E-state index is 0.593. The maximum absolute atomic E-state index is 5.43. The average Bonchev–Trinajstić information content (AvgIpc) is 2.30. The van der Waals surface area contributed by atoms with Crippen molar-refractivity contribution in [2.45, 2.75) is 47.1 Å². The molecule has 0 aliphatic heterocycles. The predicted octanol–water partition coefficient (Wildman–Crippen LogP) is 2.80. The fourth-order valence-electron chi connectivity index (χ4n) is 0.933. The molecule has 0 N–H and O–H groups in total. The Labute approximate surface area is 102 Å². The summed E-state index contributed by atoms with van der Waals surface area (Å²) < 4.78 is 10.7. The lowest BCUT2D eigenvalue weighted by Gasteiger charge is -2.20. The van der Waals surface area contributed by atoms with E-state index in [1.807, 2.05) is 13.8 Å². The normalized spacial score (nSPS) is 10.5. The van der Waals surface area contributed by atoms with Crippen LogP contribution in [0.2, 0.25) is 0 Å². The standard InChI is InChI=1S/C11H25NO2.C2H6/c1-5-7-13-9-10-14-8-6-12(4)11(2)3;1-2/h11H,5-10H2,1-4H3;1-2H3. The first-order valence-corrected chi connectivity index (χ1v) is 6.54. The van der Waals surface area contributed by atoms with E-state index >= 15 is 0 Å². The number of nitrogens with zero attached hydrogens (tertiary/aromatic N) is 1. The van der Waals surface area contributed by atoms with Gasteiger partial charge in [0.2, 0.25) is 0 Å². The average molecular weight is 233 g/mol. The quantitative estimate of drug-likeness (QED) is 0.572. The number of hydrogen-bond donors (Lipinski definition) is 0. The Hall–Kier alpha value is -0.120. The van der Waals surface area contributed by atoms with E-state index in [2.05, 4.69) is 32.7 Å².